The van der Waals surface area contributed by atoms with Crippen molar-refractivity contribution in [3.63, 3.8) is 0 Å². The number of carbonyl (C=O) groups excluding carboxylic acids is 1. The van der Waals surface area contributed by atoms with Crippen LogP contribution in [-0.2, 0) is 4.79 Å². The van der Waals surface area contributed by atoms with Crippen LogP contribution in [0.2, 0.25) is 0 Å². The molecule has 1 unspecified atom stereocenters. The average Bonchev–Trinajstić information content (AvgIpc) is 3.16. The van der Waals surface area contributed by atoms with Gasteiger partial charge in [-0.05, 0) is 26.7 Å². The maximum atomic E-state index is 12.9. The van der Waals surface area contributed by atoms with Gasteiger partial charge in [-0.3, -0.25) is 9.18 Å². The monoisotopic (exact) mass is 345 g/mol. The Morgan fingerprint density at radius 2 is 1.96 bits per heavy atom. The van der Waals surface area contributed by atoms with E-state index in [1.807, 2.05) is 29.3 Å². The van der Waals surface area contributed by atoms with E-state index in [-0.39, 0.29) is 17.9 Å². The summed E-state index contributed by atoms with van der Waals surface area (Å²) < 4.78 is 14.8. The molecule has 2 aromatic rings. The van der Waals surface area contributed by atoms with Crippen molar-refractivity contribution < 1.29 is 9.18 Å². The van der Waals surface area contributed by atoms with Crippen LogP contribution in [0.5, 0.6) is 0 Å². The van der Waals surface area contributed by atoms with Crippen molar-refractivity contribution in [1.29, 1.82) is 0 Å². The van der Waals surface area contributed by atoms with E-state index in [1.54, 1.807) is 0 Å². The molecule has 0 aliphatic carbocycles. The minimum absolute atomic E-state index is 0.111. The van der Waals surface area contributed by atoms with Crippen molar-refractivity contribution in [3.8, 4) is 0 Å². The fourth-order valence-electron chi connectivity index (χ4n) is 4.09. The summed E-state index contributed by atoms with van der Waals surface area (Å²) in [4.78, 5) is 20.9. The first-order valence-electron chi connectivity index (χ1n) is 8.99. The summed E-state index contributed by atoms with van der Waals surface area (Å²) in [6, 6.07) is 4.29. The van der Waals surface area contributed by atoms with Gasteiger partial charge in [-0.15, -0.1) is 0 Å². The van der Waals surface area contributed by atoms with Gasteiger partial charge in [0, 0.05) is 55.8 Å². The van der Waals surface area contributed by atoms with E-state index in [1.165, 1.54) is 0 Å². The molecule has 2 saturated heterocycles. The van der Waals surface area contributed by atoms with Crippen LogP contribution in [0.3, 0.4) is 0 Å². The van der Waals surface area contributed by atoms with E-state index in [0.29, 0.717) is 13.0 Å². The molecule has 25 heavy (non-hydrogen) atoms. The normalized spacial score (nSPS) is 22.4. The molecule has 7 heteroatoms. The van der Waals surface area contributed by atoms with E-state index in [2.05, 4.69) is 21.0 Å². The summed E-state index contributed by atoms with van der Waals surface area (Å²) in [7, 11) is 0. The fraction of sp³-hybridized carbons (Fsp3) is 0.611. The number of amides is 1. The van der Waals surface area contributed by atoms with Crippen molar-refractivity contribution in [2.75, 3.05) is 31.2 Å². The Hall–Kier alpha value is -2.18. The highest BCUT2D eigenvalue weighted by Gasteiger charge is 2.36. The van der Waals surface area contributed by atoms with Crippen LogP contribution >= 0.6 is 0 Å². The highest BCUT2D eigenvalue weighted by atomic mass is 19.1. The summed E-state index contributed by atoms with van der Waals surface area (Å²) in [5, 5.41) is 4.57. The zero-order chi connectivity index (χ0) is 17.6. The van der Waals surface area contributed by atoms with Gasteiger partial charge in [0.2, 0.25) is 5.91 Å². The minimum Gasteiger partial charge on any atom is -0.356 e. The number of aryl methyl sites for hydroxylation is 2. The predicted molar refractivity (Wildman–Crippen MR) is 93.5 cm³/mol. The Bertz CT molecular complexity index is 796. The van der Waals surface area contributed by atoms with Crippen LogP contribution in [0, 0.1) is 19.8 Å². The lowest BCUT2D eigenvalue weighted by Gasteiger charge is -2.37. The first-order chi connectivity index (χ1) is 12.0. The van der Waals surface area contributed by atoms with Gasteiger partial charge < -0.3 is 9.80 Å². The summed E-state index contributed by atoms with van der Waals surface area (Å²) in [5.74, 6) is 1.06. The smallest absolute Gasteiger partial charge is 0.223 e. The molecule has 4 rings (SSSR count). The predicted octanol–water partition coefficient (Wildman–Crippen LogP) is 2.13. The summed E-state index contributed by atoms with van der Waals surface area (Å²) in [6.07, 6.45) is 2.19. The molecule has 2 aromatic heterocycles. The van der Waals surface area contributed by atoms with E-state index >= 15 is 0 Å². The highest BCUT2D eigenvalue weighted by Crippen LogP contribution is 2.28. The number of anilines is 1. The number of likely N-dealkylation sites (tertiary alicyclic amines) is 1. The highest BCUT2D eigenvalue weighted by molar-refractivity contribution is 5.79. The largest absolute Gasteiger partial charge is 0.356 e. The number of hydrogen-bond donors (Lipinski definition) is 0. The minimum atomic E-state index is -0.395. The zero-order valence-corrected chi connectivity index (χ0v) is 14.8. The van der Waals surface area contributed by atoms with Crippen LogP contribution in [0.4, 0.5) is 10.2 Å². The third-order valence-electron chi connectivity index (χ3n) is 5.34. The Balaban J connectivity index is 1.50. The van der Waals surface area contributed by atoms with Gasteiger partial charge in [0.15, 0.2) is 5.65 Å². The molecule has 4 heterocycles. The van der Waals surface area contributed by atoms with Crippen molar-refractivity contribution in [2.45, 2.75) is 39.2 Å². The second kappa shape index (κ2) is 6.28. The quantitative estimate of drug-likeness (QED) is 0.855. The molecular formula is C18H24FN5O. The maximum Gasteiger partial charge on any atom is 0.223 e. The van der Waals surface area contributed by atoms with Crippen LogP contribution in [0.1, 0.15) is 30.7 Å². The number of alkyl halides is 1. The topological polar surface area (TPSA) is 53.7 Å². The van der Waals surface area contributed by atoms with Gasteiger partial charge in [0.05, 0.1) is 12.4 Å². The first-order valence-corrected chi connectivity index (χ1v) is 8.99. The molecule has 0 saturated carbocycles. The number of rotatable bonds is 3. The third-order valence-corrected chi connectivity index (χ3v) is 5.34. The molecule has 2 aliphatic rings. The molecule has 1 atom stereocenters. The number of halogens is 1. The molecule has 0 spiro atoms. The van der Waals surface area contributed by atoms with Crippen molar-refractivity contribution in [1.82, 2.24) is 19.5 Å². The Kier molecular flexibility index (Phi) is 4.09. The van der Waals surface area contributed by atoms with Crippen molar-refractivity contribution in [2.24, 2.45) is 5.92 Å². The molecule has 2 fully saturated rings. The van der Waals surface area contributed by atoms with Gasteiger partial charge in [-0.1, -0.05) is 0 Å². The molecular weight excluding hydrogens is 321 g/mol. The first kappa shape index (κ1) is 16.3. The molecule has 134 valence electrons. The molecule has 0 radical (unpaired) electrons. The van der Waals surface area contributed by atoms with Gasteiger partial charge in [-0.2, -0.15) is 9.61 Å². The second-order valence-electron chi connectivity index (χ2n) is 7.30. The van der Waals surface area contributed by atoms with E-state index in [4.69, 9.17) is 0 Å². The SMILES string of the molecule is Cc1cc(N2CCC(N3CC(CF)CC3=O)CC2)n2nc(C)cc2n1. The lowest BCUT2D eigenvalue weighted by atomic mass is 10.0. The Morgan fingerprint density at radius 3 is 2.64 bits per heavy atom. The second-order valence-corrected chi connectivity index (χ2v) is 7.30. The number of hydrogen-bond acceptors (Lipinski definition) is 4. The Labute approximate surface area is 146 Å². The summed E-state index contributed by atoms with van der Waals surface area (Å²) >= 11 is 0. The van der Waals surface area contributed by atoms with Crippen LogP contribution < -0.4 is 4.90 Å². The van der Waals surface area contributed by atoms with E-state index < -0.39 is 6.67 Å². The number of fused-ring (bicyclic) bond motifs is 1. The lowest BCUT2D eigenvalue weighted by molar-refractivity contribution is -0.130. The lowest BCUT2D eigenvalue weighted by Crippen LogP contribution is -2.46. The number of nitrogens with zero attached hydrogens (tertiary/aromatic N) is 5. The zero-order valence-electron chi connectivity index (χ0n) is 14.8. The molecule has 6 nitrogen and oxygen atoms in total. The number of piperidine rings is 1. The average molecular weight is 345 g/mol. The number of aromatic nitrogens is 3. The van der Waals surface area contributed by atoms with Crippen LogP contribution in [0.15, 0.2) is 12.1 Å². The van der Waals surface area contributed by atoms with Crippen molar-refractivity contribution >= 4 is 17.4 Å². The van der Waals surface area contributed by atoms with Gasteiger partial charge in [0.25, 0.3) is 0 Å². The van der Waals surface area contributed by atoms with Gasteiger partial charge >= 0.3 is 0 Å². The Morgan fingerprint density at radius 1 is 1.20 bits per heavy atom. The fourth-order valence-corrected chi connectivity index (χ4v) is 4.09. The summed E-state index contributed by atoms with van der Waals surface area (Å²) in [5.41, 5.74) is 2.80. The third kappa shape index (κ3) is 2.96. The van der Waals surface area contributed by atoms with Gasteiger partial charge in [0.1, 0.15) is 5.82 Å². The van der Waals surface area contributed by atoms with E-state index in [0.717, 1.165) is 48.8 Å². The molecule has 0 N–H and O–H groups in total. The molecule has 1 amide bonds. The standard InChI is InChI=1S/C18H24FN5O/c1-12-8-17(24-16(20-12)7-13(2)21-24)22-5-3-15(4-6-22)23-11-14(10-19)9-18(23)25/h7-8,14-15H,3-6,9-11H2,1-2H3. The van der Waals surface area contributed by atoms with E-state index in [9.17, 15) is 9.18 Å². The number of carbonyl (C=O) groups is 1. The van der Waals surface area contributed by atoms with Crippen LogP contribution in [0.25, 0.3) is 5.65 Å². The molecule has 0 aromatic carbocycles. The summed E-state index contributed by atoms with van der Waals surface area (Å²) in [6.45, 7) is 5.89. The van der Waals surface area contributed by atoms with Gasteiger partial charge in [-0.25, -0.2) is 4.98 Å². The van der Waals surface area contributed by atoms with Crippen molar-refractivity contribution in [3.05, 3.63) is 23.5 Å². The van der Waals surface area contributed by atoms with Crippen LogP contribution in [-0.4, -0.2) is 57.8 Å². The molecule has 2 aliphatic heterocycles. The maximum absolute atomic E-state index is 12.9. The molecule has 0 bridgehead atoms.